The molecule has 0 unspecified atom stereocenters. The molecule has 114 valence electrons. The van der Waals surface area contributed by atoms with E-state index >= 15 is 0 Å². The summed E-state index contributed by atoms with van der Waals surface area (Å²) in [5, 5.41) is 5.80. The third-order valence-corrected chi connectivity index (χ3v) is 4.64. The molecule has 0 spiro atoms. The van der Waals surface area contributed by atoms with Gasteiger partial charge in [-0.15, -0.1) is 0 Å². The van der Waals surface area contributed by atoms with Crippen LogP contribution in [0.4, 0.5) is 5.69 Å². The average Bonchev–Trinajstić information content (AvgIpc) is 2.94. The molecule has 1 fully saturated rings. The minimum atomic E-state index is -1.10. The summed E-state index contributed by atoms with van der Waals surface area (Å²) in [6, 6.07) is 7.57. The van der Waals surface area contributed by atoms with Gasteiger partial charge < -0.3 is 10.6 Å². The number of amides is 2. The fourth-order valence-corrected chi connectivity index (χ4v) is 2.76. The predicted molar refractivity (Wildman–Crippen MR) is 87.0 cm³/mol. The minimum absolute atomic E-state index is 0.209. The Hall–Kier alpha value is -1.36. The van der Waals surface area contributed by atoms with Crippen molar-refractivity contribution in [3.8, 4) is 0 Å². The lowest BCUT2D eigenvalue weighted by Crippen LogP contribution is -2.48. The number of carbonyl (C=O) groups excluding carboxylic acids is 2. The van der Waals surface area contributed by atoms with Crippen LogP contribution in [-0.2, 0) is 9.59 Å². The van der Waals surface area contributed by atoms with Crippen molar-refractivity contribution in [1.82, 2.24) is 5.32 Å². The summed E-state index contributed by atoms with van der Waals surface area (Å²) in [6.07, 6.45) is 4.31. The summed E-state index contributed by atoms with van der Waals surface area (Å²) in [5.41, 5.74) is -0.429. The summed E-state index contributed by atoms with van der Waals surface area (Å²) >= 11 is 3.38. The van der Waals surface area contributed by atoms with Crippen LogP contribution in [0.3, 0.4) is 0 Å². The highest BCUT2D eigenvalue weighted by molar-refractivity contribution is 9.10. The minimum Gasteiger partial charge on any atom is -0.352 e. The van der Waals surface area contributed by atoms with Crippen LogP contribution in [-0.4, -0.2) is 17.9 Å². The largest absolute Gasteiger partial charge is 0.352 e. The normalized spacial score (nSPS) is 15.8. The fourth-order valence-electron chi connectivity index (χ4n) is 2.38. The van der Waals surface area contributed by atoms with Gasteiger partial charge in [-0.1, -0.05) is 25.0 Å². The first-order valence-electron chi connectivity index (χ1n) is 7.28. The van der Waals surface area contributed by atoms with Gasteiger partial charge in [0.05, 0.1) is 5.69 Å². The molecule has 2 rings (SSSR count). The van der Waals surface area contributed by atoms with Crippen LogP contribution >= 0.6 is 15.9 Å². The van der Waals surface area contributed by atoms with Gasteiger partial charge >= 0.3 is 0 Å². The number of carbonyl (C=O) groups is 2. The van der Waals surface area contributed by atoms with E-state index in [2.05, 4.69) is 26.6 Å². The molecule has 5 heteroatoms. The number of para-hydroxylation sites is 1. The smallest absolute Gasteiger partial charge is 0.239 e. The molecular formula is C16H21BrN2O2. The Morgan fingerprint density at radius 3 is 2.38 bits per heavy atom. The third kappa shape index (κ3) is 3.84. The summed E-state index contributed by atoms with van der Waals surface area (Å²) in [6.45, 7) is 3.31. The number of rotatable bonds is 4. The van der Waals surface area contributed by atoms with Gasteiger partial charge in [0, 0.05) is 10.5 Å². The van der Waals surface area contributed by atoms with Gasteiger partial charge in [0.2, 0.25) is 11.8 Å². The summed E-state index contributed by atoms with van der Waals surface area (Å²) < 4.78 is 0.797. The first kappa shape index (κ1) is 16.0. The molecule has 1 aliphatic rings. The van der Waals surface area contributed by atoms with Gasteiger partial charge in [0.15, 0.2) is 0 Å². The van der Waals surface area contributed by atoms with Gasteiger partial charge in [-0.2, -0.15) is 0 Å². The molecule has 0 aromatic heterocycles. The van der Waals surface area contributed by atoms with Gasteiger partial charge in [0.25, 0.3) is 0 Å². The van der Waals surface area contributed by atoms with E-state index in [0.29, 0.717) is 5.69 Å². The van der Waals surface area contributed by atoms with E-state index in [1.54, 1.807) is 19.9 Å². The molecule has 0 saturated heterocycles. The summed E-state index contributed by atoms with van der Waals surface area (Å²) in [5.74, 6) is -0.510. The van der Waals surface area contributed by atoms with Gasteiger partial charge in [-0.05, 0) is 54.8 Å². The van der Waals surface area contributed by atoms with E-state index in [1.165, 1.54) is 0 Å². The molecule has 0 bridgehead atoms. The van der Waals surface area contributed by atoms with Crippen LogP contribution in [0.5, 0.6) is 0 Å². The third-order valence-electron chi connectivity index (χ3n) is 3.95. The quantitative estimate of drug-likeness (QED) is 0.815. The lowest BCUT2D eigenvalue weighted by molar-refractivity contribution is -0.138. The lowest BCUT2D eigenvalue weighted by Gasteiger charge is -2.25. The molecule has 0 heterocycles. The van der Waals surface area contributed by atoms with Crippen molar-refractivity contribution < 1.29 is 9.59 Å². The van der Waals surface area contributed by atoms with E-state index in [1.807, 2.05) is 18.2 Å². The predicted octanol–water partition coefficient (Wildman–Crippen LogP) is 3.47. The standard InChI is InChI=1S/C16H21BrN2O2/c1-16(2,14(20)18-11-7-3-4-8-11)15(21)19-13-10-6-5-9-12(13)17/h5-6,9-11H,3-4,7-8H2,1-2H3,(H,18,20)(H,19,21). The average molecular weight is 353 g/mol. The van der Waals surface area contributed by atoms with Gasteiger partial charge in [-0.25, -0.2) is 0 Å². The van der Waals surface area contributed by atoms with Crippen molar-refractivity contribution in [2.24, 2.45) is 5.41 Å². The van der Waals surface area contributed by atoms with E-state index in [4.69, 9.17) is 0 Å². The van der Waals surface area contributed by atoms with Crippen LogP contribution in [0.15, 0.2) is 28.7 Å². The number of benzene rings is 1. The number of hydrogen-bond acceptors (Lipinski definition) is 2. The van der Waals surface area contributed by atoms with Crippen LogP contribution in [0, 0.1) is 5.41 Å². The monoisotopic (exact) mass is 352 g/mol. The first-order chi connectivity index (χ1) is 9.91. The Labute approximate surface area is 133 Å². The summed E-state index contributed by atoms with van der Waals surface area (Å²) in [4.78, 5) is 24.8. The Morgan fingerprint density at radius 2 is 1.76 bits per heavy atom. The van der Waals surface area contributed by atoms with Crippen LogP contribution in [0.1, 0.15) is 39.5 Å². The molecule has 0 radical (unpaired) electrons. The fraction of sp³-hybridized carbons (Fsp3) is 0.500. The van der Waals surface area contributed by atoms with E-state index in [0.717, 1.165) is 30.2 Å². The molecule has 0 atom stereocenters. The second-order valence-electron chi connectivity index (χ2n) is 6.01. The molecule has 1 aromatic rings. The SMILES string of the molecule is CC(C)(C(=O)Nc1ccccc1Br)C(=O)NC1CCCC1. The van der Waals surface area contributed by atoms with E-state index in [9.17, 15) is 9.59 Å². The van der Waals surface area contributed by atoms with Gasteiger partial charge in [0.1, 0.15) is 5.41 Å². The van der Waals surface area contributed by atoms with Crippen LogP contribution < -0.4 is 10.6 Å². The van der Waals surface area contributed by atoms with Crippen molar-refractivity contribution in [3.63, 3.8) is 0 Å². The lowest BCUT2D eigenvalue weighted by atomic mass is 9.90. The van der Waals surface area contributed by atoms with E-state index in [-0.39, 0.29) is 17.9 Å². The highest BCUT2D eigenvalue weighted by atomic mass is 79.9. The molecule has 4 nitrogen and oxygen atoms in total. The molecule has 1 aromatic carbocycles. The second kappa shape index (κ2) is 6.60. The molecule has 2 amide bonds. The zero-order chi connectivity index (χ0) is 15.5. The zero-order valence-electron chi connectivity index (χ0n) is 12.4. The van der Waals surface area contributed by atoms with Crippen molar-refractivity contribution in [2.75, 3.05) is 5.32 Å². The van der Waals surface area contributed by atoms with Crippen LogP contribution in [0.2, 0.25) is 0 Å². The molecular weight excluding hydrogens is 332 g/mol. The second-order valence-corrected chi connectivity index (χ2v) is 6.87. The number of halogens is 1. The Balaban J connectivity index is 2.02. The zero-order valence-corrected chi connectivity index (χ0v) is 14.0. The highest BCUT2D eigenvalue weighted by Gasteiger charge is 2.37. The maximum absolute atomic E-state index is 12.4. The van der Waals surface area contributed by atoms with Crippen molar-refractivity contribution in [1.29, 1.82) is 0 Å². The molecule has 1 aliphatic carbocycles. The number of hydrogen-bond donors (Lipinski definition) is 2. The number of nitrogens with one attached hydrogen (secondary N) is 2. The molecule has 2 N–H and O–H groups in total. The maximum atomic E-state index is 12.4. The molecule has 21 heavy (non-hydrogen) atoms. The van der Waals surface area contributed by atoms with Gasteiger partial charge in [-0.3, -0.25) is 9.59 Å². The topological polar surface area (TPSA) is 58.2 Å². The van der Waals surface area contributed by atoms with Crippen molar-refractivity contribution in [2.45, 2.75) is 45.6 Å². The Kier molecular flexibility index (Phi) is 5.04. The first-order valence-corrected chi connectivity index (χ1v) is 8.07. The highest BCUT2D eigenvalue weighted by Crippen LogP contribution is 2.26. The van der Waals surface area contributed by atoms with Crippen LogP contribution in [0.25, 0.3) is 0 Å². The Bertz CT molecular complexity index is 537. The number of anilines is 1. The Morgan fingerprint density at radius 1 is 1.14 bits per heavy atom. The maximum Gasteiger partial charge on any atom is 0.239 e. The van der Waals surface area contributed by atoms with E-state index < -0.39 is 5.41 Å². The van der Waals surface area contributed by atoms with Crippen molar-refractivity contribution >= 4 is 33.4 Å². The molecule has 1 saturated carbocycles. The summed E-state index contributed by atoms with van der Waals surface area (Å²) in [7, 11) is 0. The van der Waals surface area contributed by atoms with Crippen molar-refractivity contribution in [3.05, 3.63) is 28.7 Å². The molecule has 0 aliphatic heterocycles.